The lowest BCUT2D eigenvalue weighted by atomic mass is 10.1. The molecule has 2 aromatic rings. The van der Waals surface area contributed by atoms with Gasteiger partial charge in [0.15, 0.2) is 0 Å². The van der Waals surface area contributed by atoms with E-state index in [9.17, 15) is 8.42 Å². The van der Waals surface area contributed by atoms with Gasteiger partial charge >= 0.3 is 0 Å². The predicted octanol–water partition coefficient (Wildman–Crippen LogP) is 2.94. The largest absolute Gasteiger partial charge is 0.392 e. The molecule has 0 fully saturated rings. The Kier molecular flexibility index (Phi) is 4.32. The first-order valence-corrected chi connectivity index (χ1v) is 7.78. The van der Waals surface area contributed by atoms with Gasteiger partial charge in [-0.3, -0.25) is 4.72 Å². The summed E-state index contributed by atoms with van der Waals surface area (Å²) < 4.78 is 27.1. The highest BCUT2D eigenvalue weighted by Crippen LogP contribution is 2.25. The molecule has 0 aliphatic carbocycles. The number of halogens is 1. The maximum absolute atomic E-state index is 12.3. The Morgan fingerprint density at radius 3 is 2.55 bits per heavy atom. The van der Waals surface area contributed by atoms with E-state index in [1.54, 1.807) is 37.3 Å². The van der Waals surface area contributed by atoms with E-state index < -0.39 is 10.0 Å². The highest BCUT2D eigenvalue weighted by molar-refractivity contribution is 7.92. The van der Waals surface area contributed by atoms with Crippen molar-refractivity contribution in [3.63, 3.8) is 0 Å². The molecule has 4 nitrogen and oxygen atoms in total. The summed E-state index contributed by atoms with van der Waals surface area (Å²) in [5.74, 6) is 0. The van der Waals surface area contributed by atoms with Crippen LogP contribution in [0.25, 0.3) is 0 Å². The number of aliphatic hydroxyl groups excluding tert-OH is 1. The fourth-order valence-corrected chi connectivity index (χ4v) is 3.38. The van der Waals surface area contributed by atoms with Gasteiger partial charge in [0.1, 0.15) is 4.90 Å². The molecule has 20 heavy (non-hydrogen) atoms. The zero-order valence-electron chi connectivity index (χ0n) is 10.8. The zero-order valence-corrected chi connectivity index (χ0v) is 12.4. The topological polar surface area (TPSA) is 66.4 Å². The van der Waals surface area contributed by atoms with Crippen LogP contribution in [0.15, 0.2) is 47.4 Å². The smallest absolute Gasteiger partial charge is 0.263 e. The van der Waals surface area contributed by atoms with Crippen LogP contribution in [0.3, 0.4) is 0 Å². The minimum atomic E-state index is -3.76. The Labute approximate surface area is 123 Å². The Bertz CT molecular complexity index is 729. The van der Waals surface area contributed by atoms with Crippen molar-refractivity contribution in [2.24, 2.45) is 0 Å². The second-order valence-electron chi connectivity index (χ2n) is 4.34. The van der Waals surface area contributed by atoms with Gasteiger partial charge in [-0.25, -0.2) is 8.42 Å². The van der Waals surface area contributed by atoms with Crippen LogP contribution in [0.2, 0.25) is 5.02 Å². The molecule has 0 unspecified atom stereocenters. The van der Waals surface area contributed by atoms with Crippen molar-refractivity contribution in [3.05, 3.63) is 58.6 Å². The number of aryl methyl sites for hydroxylation is 1. The average molecular weight is 312 g/mol. The van der Waals surface area contributed by atoms with Crippen molar-refractivity contribution in [1.82, 2.24) is 0 Å². The van der Waals surface area contributed by atoms with Crippen molar-refractivity contribution < 1.29 is 13.5 Å². The summed E-state index contributed by atoms with van der Waals surface area (Å²) in [6.45, 7) is 1.63. The number of benzene rings is 2. The van der Waals surface area contributed by atoms with E-state index >= 15 is 0 Å². The lowest BCUT2D eigenvalue weighted by molar-refractivity contribution is 0.282. The fraction of sp³-hybridized carbons (Fsp3) is 0.143. The molecule has 0 radical (unpaired) electrons. The third kappa shape index (κ3) is 3.12. The molecule has 0 spiro atoms. The first-order chi connectivity index (χ1) is 9.44. The number of sulfonamides is 1. The third-order valence-corrected chi connectivity index (χ3v) is 4.72. The van der Waals surface area contributed by atoms with Crippen LogP contribution in [-0.2, 0) is 16.6 Å². The van der Waals surface area contributed by atoms with Gasteiger partial charge in [-0.05, 0) is 36.2 Å². The molecule has 106 valence electrons. The second kappa shape index (κ2) is 5.83. The molecule has 0 amide bonds. The van der Waals surface area contributed by atoms with Crippen LogP contribution in [-0.4, -0.2) is 13.5 Å². The lowest BCUT2D eigenvalue weighted by Gasteiger charge is -2.12. The summed E-state index contributed by atoms with van der Waals surface area (Å²) in [5, 5.41) is 9.28. The Morgan fingerprint density at radius 1 is 1.20 bits per heavy atom. The van der Waals surface area contributed by atoms with Crippen LogP contribution in [0.4, 0.5) is 5.69 Å². The van der Waals surface area contributed by atoms with Crippen molar-refractivity contribution in [2.45, 2.75) is 18.4 Å². The van der Waals surface area contributed by atoms with Crippen molar-refractivity contribution in [3.8, 4) is 0 Å². The van der Waals surface area contributed by atoms with Crippen LogP contribution >= 0.6 is 11.6 Å². The minimum Gasteiger partial charge on any atom is -0.392 e. The van der Waals surface area contributed by atoms with E-state index in [2.05, 4.69) is 4.72 Å². The second-order valence-corrected chi connectivity index (χ2v) is 6.40. The Balaban J connectivity index is 2.41. The molecule has 6 heteroatoms. The number of aliphatic hydroxyl groups is 1. The van der Waals surface area contributed by atoms with Crippen LogP contribution in [0.1, 0.15) is 11.1 Å². The van der Waals surface area contributed by atoms with Crippen LogP contribution < -0.4 is 4.72 Å². The molecule has 0 atom stereocenters. The SMILES string of the molecule is Cc1ccc(CO)cc1NS(=O)(=O)c1ccccc1Cl. The molecule has 2 N–H and O–H groups in total. The number of rotatable bonds is 4. The van der Waals surface area contributed by atoms with Gasteiger partial charge in [-0.1, -0.05) is 35.9 Å². The van der Waals surface area contributed by atoms with Gasteiger partial charge < -0.3 is 5.11 Å². The standard InChI is InChI=1S/C14H14ClNO3S/c1-10-6-7-11(9-17)8-13(10)16-20(18,19)14-5-3-2-4-12(14)15/h2-8,16-17H,9H2,1H3. The van der Waals surface area contributed by atoms with Gasteiger partial charge in [0.05, 0.1) is 17.3 Å². The van der Waals surface area contributed by atoms with E-state index in [0.29, 0.717) is 11.3 Å². The van der Waals surface area contributed by atoms with Crippen molar-refractivity contribution in [2.75, 3.05) is 4.72 Å². The van der Waals surface area contributed by atoms with Gasteiger partial charge in [-0.15, -0.1) is 0 Å². The molecule has 0 heterocycles. The highest BCUT2D eigenvalue weighted by Gasteiger charge is 2.18. The third-order valence-electron chi connectivity index (χ3n) is 2.86. The van der Waals surface area contributed by atoms with Gasteiger partial charge in [0.25, 0.3) is 10.0 Å². The average Bonchev–Trinajstić information content (AvgIpc) is 2.41. The predicted molar refractivity (Wildman–Crippen MR) is 79.4 cm³/mol. The van der Waals surface area contributed by atoms with E-state index in [4.69, 9.17) is 16.7 Å². The molecule has 0 aliphatic heterocycles. The summed E-state index contributed by atoms with van der Waals surface area (Å²) >= 11 is 5.91. The molecule has 2 rings (SSSR count). The fourth-order valence-electron chi connectivity index (χ4n) is 1.74. The quantitative estimate of drug-likeness (QED) is 0.912. The zero-order chi connectivity index (χ0) is 14.8. The van der Waals surface area contributed by atoms with Crippen LogP contribution in [0.5, 0.6) is 0 Å². The molecule has 0 saturated heterocycles. The number of anilines is 1. The van der Waals surface area contributed by atoms with E-state index in [-0.39, 0.29) is 16.5 Å². The minimum absolute atomic E-state index is 0.0236. The van der Waals surface area contributed by atoms with Crippen LogP contribution in [0, 0.1) is 6.92 Å². The first kappa shape index (κ1) is 14.8. The first-order valence-electron chi connectivity index (χ1n) is 5.92. The maximum atomic E-state index is 12.3. The molecule has 0 aromatic heterocycles. The molecule has 0 saturated carbocycles. The van der Waals surface area contributed by atoms with Gasteiger partial charge in [0, 0.05) is 0 Å². The number of nitrogens with one attached hydrogen (secondary N) is 1. The number of hydrogen-bond acceptors (Lipinski definition) is 3. The molecular weight excluding hydrogens is 298 g/mol. The highest BCUT2D eigenvalue weighted by atomic mass is 35.5. The normalized spacial score (nSPS) is 11.3. The lowest BCUT2D eigenvalue weighted by Crippen LogP contribution is -2.14. The van der Waals surface area contributed by atoms with Gasteiger partial charge in [0.2, 0.25) is 0 Å². The van der Waals surface area contributed by atoms with Gasteiger partial charge in [-0.2, -0.15) is 0 Å². The molecule has 2 aromatic carbocycles. The van der Waals surface area contributed by atoms with Crippen molar-refractivity contribution in [1.29, 1.82) is 0 Å². The maximum Gasteiger partial charge on any atom is 0.263 e. The summed E-state index contributed by atoms with van der Waals surface area (Å²) in [7, 11) is -3.76. The number of hydrogen-bond donors (Lipinski definition) is 2. The monoisotopic (exact) mass is 311 g/mol. The Hall–Kier alpha value is -1.56. The molecule has 0 aliphatic rings. The summed E-state index contributed by atoms with van der Waals surface area (Å²) in [4.78, 5) is 0.0236. The van der Waals surface area contributed by atoms with E-state index in [0.717, 1.165) is 5.56 Å². The summed E-state index contributed by atoms with van der Waals surface area (Å²) in [6, 6.07) is 11.3. The van der Waals surface area contributed by atoms with E-state index in [1.165, 1.54) is 12.1 Å². The molecule has 0 bridgehead atoms. The summed E-state index contributed by atoms with van der Waals surface area (Å²) in [6.07, 6.45) is 0. The van der Waals surface area contributed by atoms with Crippen molar-refractivity contribution >= 4 is 27.3 Å². The van der Waals surface area contributed by atoms with E-state index in [1.807, 2.05) is 0 Å². The Morgan fingerprint density at radius 2 is 1.90 bits per heavy atom. The summed E-state index contributed by atoms with van der Waals surface area (Å²) in [5.41, 5.74) is 1.82. The molecular formula is C14H14ClNO3S.